The van der Waals surface area contributed by atoms with Crippen LogP contribution >= 0.6 is 11.6 Å². The molecule has 3 aliphatic heterocycles. The summed E-state index contributed by atoms with van der Waals surface area (Å²) < 4.78 is 18.1. The first-order valence-electron chi connectivity index (χ1n) is 11.0. The van der Waals surface area contributed by atoms with Crippen LogP contribution in [0.1, 0.15) is 34.5 Å². The van der Waals surface area contributed by atoms with Gasteiger partial charge in [0, 0.05) is 68.5 Å². The molecule has 1 fully saturated rings. The molecule has 5 rings (SSSR count). The first kappa shape index (κ1) is 21.2. The summed E-state index contributed by atoms with van der Waals surface area (Å²) in [7, 11) is 1.51. The van der Waals surface area contributed by atoms with Crippen molar-refractivity contribution in [2.75, 3.05) is 40.1 Å². The molecule has 0 aliphatic carbocycles. The average Bonchev–Trinajstić information content (AvgIpc) is 3.43. The number of carbonyl (C=O) groups excluding carboxylic acids is 1. The third kappa shape index (κ3) is 3.82. The fourth-order valence-corrected chi connectivity index (χ4v) is 4.96. The van der Waals surface area contributed by atoms with E-state index in [0.29, 0.717) is 60.4 Å². The number of likely N-dealkylation sites (tertiary alicyclic amines) is 1. The molecule has 0 saturated carbocycles. The lowest BCUT2D eigenvalue weighted by Gasteiger charge is -2.21. The quantitative estimate of drug-likeness (QED) is 0.699. The summed E-state index contributed by atoms with van der Waals surface area (Å²) in [6.45, 7) is 4.17. The van der Waals surface area contributed by atoms with Gasteiger partial charge in [0.15, 0.2) is 11.5 Å². The van der Waals surface area contributed by atoms with E-state index in [4.69, 9.17) is 25.8 Å². The Balaban J connectivity index is 1.42. The van der Waals surface area contributed by atoms with Gasteiger partial charge in [0.2, 0.25) is 6.79 Å². The predicted molar refractivity (Wildman–Crippen MR) is 119 cm³/mol. The van der Waals surface area contributed by atoms with Crippen molar-refractivity contribution < 1.29 is 19.0 Å². The molecule has 9 heteroatoms. The molecule has 0 atom stereocenters. The van der Waals surface area contributed by atoms with Crippen molar-refractivity contribution in [1.29, 1.82) is 0 Å². The number of amides is 1. The zero-order valence-corrected chi connectivity index (χ0v) is 18.8. The molecule has 1 aromatic heterocycles. The highest BCUT2D eigenvalue weighted by molar-refractivity contribution is 6.31. The van der Waals surface area contributed by atoms with Crippen molar-refractivity contribution >= 4 is 17.5 Å². The van der Waals surface area contributed by atoms with Crippen molar-refractivity contribution in [1.82, 2.24) is 14.4 Å². The van der Waals surface area contributed by atoms with E-state index in [-0.39, 0.29) is 18.3 Å². The van der Waals surface area contributed by atoms with Crippen molar-refractivity contribution in [3.63, 3.8) is 0 Å². The minimum absolute atomic E-state index is 0.0460. The minimum atomic E-state index is -0.141. The highest BCUT2D eigenvalue weighted by atomic mass is 35.5. The average molecular weight is 460 g/mol. The van der Waals surface area contributed by atoms with Gasteiger partial charge in [0.25, 0.3) is 11.5 Å². The van der Waals surface area contributed by atoms with Crippen LogP contribution in [0, 0.1) is 0 Å². The summed E-state index contributed by atoms with van der Waals surface area (Å²) in [5.74, 6) is 1.67. The number of ether oxygens (including phenoxy) is 3. The number of nitrogens with zero attached hydrogens (tertiary/aromatic N) is 3. The lowest BCUT2D eigenvalue weighted by Crippen LogP contribution is -2.33. The van der Waals surface area contributed by atoms with Crippen LogP contribution in [0.5, 0.6) is 17.2 Å². The smallest absolute Gasteiger partial charge is 0.259 e. The van der Waals surface area contributed by atoms with Crippen LogP contribution in [0.2, 0.25) is 5.02 Å². The van der Waals surface area contributed by atoms with Crippen molar-refractivity contribution in [2.24, 2.45) is 0 Å². The van der Waals surface area contributed by atoms with Crippen LogP contribution in [-0.2, 0) is 19.5 Å². The number of hydrogen-bond acceptors (Lipinski definition) is 6. The maximum Gasteiger partial charge on any atom is 0.259 e. The Hall–Kier alpha value is -2.71. The molecule has 2 aromatic rings. The highest BCUT2D eigenvalue weighted by Crippen LogP contribution is 2.37. The van der Waals surface area contributed by atoms with Crippen LogP contribution < -0.4 is 19.8 Å². The van der Waals surface area contributed by atoms with E-state index in [0.717, 1.165) is 37.2 Å². The third-order valence-corrected chi connectivity index (χ3v) is 6.80. The van der Waals surface area contributed by atoms with E-state index in [2.05, 4.69) is 4.90 Å². The van der Waals surface area contributed by atoms with Gasteiger partial charge >= 0.3 is 0 Å². The third-order valence-electron chi connectivity index (χ3n) is 6.45. The van der Waals surface area contributed by atoms with Gasteiger partial charge in [-0.15, -0.1) is 0 Å². The zero-order valence-electron chi connectivity index (χ0n) is 18.1. The summed E-state index contributed by atoms with van der Waals surface area (Å²) in [5.41, 5.74) is 2.08. The molecule has 0 spiro atoms. The first-order chi connectivity index (χ1) is 15.5. The van der Waals surface area contributed by atoms with Crippen molar-refractivity contribution in [3.05, 3.63) is 50.4 Å². The van der Waals surface area contributed by atoms with E-state index in [1.165, 1.54) is 13.2 Å². The molecular weight excluding hydrogens is 434 g/mol. The van der Waals surface area contributed by atoms with Gasteiger partial charge in [0.05, 0.1) is 7.11 Å². The fourth-order valence-electron chi connectivity index (χ4n) is 4.74. The summed E-state index contributed by atoms with van der Waals surface area (Å²) in [5, 5.41) is 0.625. The van der Waals surface area contributed by atoms with Gasteiger partial charge in [-0.2, -0.15) is 0 Å². The highest BCUT2D eigenvalue weighted by Gasteiger charge is 2.29. The standard InChI is InChI=1S/C23H26ClN3O5/c1-30-20-12-21(28)27-9-8-25(13-15-10-18-19(11-16(15)24)32-14-31-18)7-4-17(27)22(20)23(29)26-5-2-3-6-26/h10-12H,2-9,13-14H2,1H3. The topological polar surface area (TPSA) is 73.2 Å². The van der Waals surface area contributed by atoms with Gasteiger partial charge in [-0.3, -0.25) is 14.5 Å². The number of aromatic nitrogens is 1. The lowest BCUT2D eigenvalue weighted by atomic mass is 10.1. The van der Waals surface area contributed by atoms with Crippen LogP contribution in [0.25, 0.3) is 0 Å². The fraction of sp³-hybridized carbons (Fsp3) is 0.478. The van der Waals surface area contributed by atoms with E-state index < -0.39 is 0 Å². The van der Waals surface area contributed by atoms with Crippen molar-refractivity contribution in [2.45, 2.75) is 32.4 Å². The normalized spacial score (nSPS) is 17.9. The van der Waals surface area contributed by atoms with Gasteiger partial charge in [-0.1, -0.05) is 11.6 Å². The Morgan fingerprint density at radius 3 is 2.56 bits per heavy atom. The monoisotopic (exact) mass is 459 g/mol. The molecule has 0 radical (unpaired) electrons. The predicted octanol–water partition coefficient (Wildman–Crippen LogP) is 2.53. The van der Waals surface area contributed by atoms with Crippen LogP contribution in [0.3, 0.4) is 0 Å². The maximum atomic E-state index is 13.3. The molecule has 32 heavy (non-hydrogen) atoms. The summed E-state index contributed by atoms with van der Waals surface area (Å²) in [6.07, 6.45) is 2.59. The summed E-state index contributed by atoms with van der Waals surface area (Å²) >= 11 is 6.48. The molecular formula is C23H26ClN3O5. The molecule has 4 heterocycles. The second-order valence-electron chi connectivity index (χ2n) is 8.35. The van der Waals surface area contributed by atoms with Crippen molar-refractivity contribution in [3.8, 4) is 17.2 Å². The maximum absolute atomic E-state index is 13.3. The molecule has 3 aliphatic rings. The molecule has 1 amide bonds. The van der Waals surface area contributed by atoms with E-state index in [9.17, 15) is 9.59 Å². The molecule has 1 saturated heterocycles. The molecule has 0 N–H and O–H groups in total. The van der Waals surface area contributed by atoms with Crippen LogP contribution in [0.15, 0.2) is 23.0 Å². The Morgan fingerprint density at radius 2 is 1.81 bits per heavy atom. The van der Waals surface area contributed by atoms with E-state index in [1.54, 1.807) is 10.6 Å². The molecule has 8 nitrogen and oxygen atoms in total. The Morgan fingerprint density at radius 1 is 1.06 bits per heavy atom. The largest absolute Gasteiger partial charge is 0.496 e. The second kappa shape index (κ2) is 8.67. The Labute approximate surface area is 191 Å². The summed E-state index contributed by atoms with van der Waals surface area (Å²) in [4.78, 5) is 30.3. The van der Waals surface area contributed by atoms with Gasteiger partial charge < -0.3 is 23.7 Å². The number of fused-ring (bicyclic) bond motifs is 2. The molecule has 0 bridgehead atoms. The van der Waals surface area contributed by atoms with Gasteiger partial charge in [0.1, 0.15) is 11.3 Å². The zero-order chi connectivity index (χ0) is 22.2. The molecule has 170 valence electrons. The number of rotatable bonds is 4. The summed E-state index contributed by atoms with van der Waals surface area (Å²) in [6, 6.07) is 5.14. The number of hydrogen-bond donors (Lipinski definition) is 0. The van der Waals surface area contributed by atoms with E-state index in [1.807, 2.05) is 11.0 Å². The molecule has 1 aromatic carbocycles. The molecule has 0 unspecified atom stereocenters. The van der Waals surface area contributed by atoms with Gasteiger partial charge in [-0.25, -0.2) is 0 Å². The Bertz CT molecular complexity index is 1110. The number of halogens is 1. The lowest BCUT2D eigenvalue weighted by molar-refractivity contribution is 0.0787. The second-order valence-corrected chi connectivity index (χ2v) is 8.75. The van der Waals surface area contributed by atoms with E-state index >= 15 is 0 Å². The van der Waals surface area contributed by atoms with Crippen LogP contribution in [-0.4, -0.2) is 60.4 Å². The van der Waals surface area contributed by atoms with Gasteiger partial charge in [-0.05, 0) is 24.5 Å². The van der Waals surface area contributed by atoms with Crippen LogP contribution in [0.4, 0.5) is 0 Å². The first-order valence-corrected chi connectivity index (χ1v) is 11.3. The number of benzene rings is 1. The number of carbonyl (C=O) groups is 1. The Kier molecular flexibility index (Phi) is 5.73. The number of pyridine rings is 1. The minimum Gasteiger partial charge on any atom is -0.496 e. The number of methoxy groups -OCH3 is 1. The SMILES string of the molecule is COc1cc(=O)n2c(c1C(=O)N1CCCC1)CCN(Cc1cc3c(cc1Cl)OCO3)CC2.